The molecule has 1 aromatic heterocycles. The molecular formula is C14H12F3NO2S. The van der Waals surface area contributed by atoms with Gasteiger partial charge in [0.05, 0.1) is 10.5 Å². The van der Waals surface area contributed by atoms with Crippen LogP contribution in [0.5, 0.6) is 0 Å². The summed E-state index contributed by atoms with van der Waals surface area (Å²) >= 11 is 0. The molecule has 0 spiro atoms. The number of sulfone groups is 1. The van der Waals surface area contributed by atoms with Crippen LogP contribution in [0.1, 0.15) is 16.7 Å². The minimum atomic E-state index is -4.58. The number of aromatic nitrogens is 1. The predicted molar refractivity (Wildman–Crippen MR) is 71.6 cm³/mol. The third-order valence-electron chi connectivity index (χ3n) is 2.91. The summed E-state index contributed by atoms with van der Waals surface area (Å²) < 4.78 is 61.6. The van der Waals surface area contributed by atoms with Crippen molar-refractivity contribution in [3.05, 3.63) is 59.4 Å². The van der Waals surface area contributed by atoms with Gasteiger partial charge in [-0.25, -0.2) is 8.42 Å². The normalized spacial score (nSPS) is 12.4. The highest BCUT2D eigenvalue weighted by Gasteiger charge is 2.32. The number of hydrogen-bond donors (Lipinski definition) is 0. The van der Waals surface area contributed by atoms with Crippen LogP contribution in [-0.2, 0) is 22.4 Å². The van der Waals surface area contributed by atoms with Gasteiger partial charge in [-0.2, -0.15) is 13.2 Å². The lowest BCUT2D eigenvalue weighted by Gasteiger charge is -2.12. The zero-order valence-electron chi connectivity index (χ0n) is 11.1. The molecule has 112 valence electrons. The average molecular weight is 315 g/mol. The Kier molecular flexibility index (Phi) is 4.04. The summed E-state index contributed by atoms with van der Waals surface area (Å²) in [5.41, 5.74) is 0.0681. The summed E-state index contributed by atoms with van der Waals surface area (Å²) in [6.07, 6.45) is -0.368. The Hall–Kier alpha value is -1.89. The average Bonchev–Trinajstić information content (AvgIpc) is 2.38. The Balaban J connectivity index is 2.51. The van der Waals surface area contributed by atoms with Gasteiger partial charge in [-0.15, -0.1) is 0 Å². The third kappa shape index (κ3) is 3.81. The van der Waals surface area contributed by atoms with E-state index in [9.17, 15) is 21.6 Å². The summed E-state index contributed by atoms with van der Waals surface area (Å²) in [6.45, 7) is 0. The standard InChI is InChI=1S/C14H12F3NO2S/c1-21(19,20)13-8-12(14(15,16)17)5-4-11(13)7-10-3-2-6-18-9-10/h2-6,8-9H,7H2,1H3. The Bertz CT molecular complexity index is 741. The second kappa shape index (κ2) is 5.48. The molecule has 3 nitrogen and oxygen atoms in total. The summed E-state index contributed by atoms with van der Waals surface area (Å²) in [5.74, 6) is 0. The topological polar surface area (TPSA) is 47.0 Å². The fourth-order valence-electron chi connectivity index (χ4n) is 1.94. The van der Waals surface area contributed by atoms with Crippen molar-refractivity contribution >= 4 is 9.84 Å². The molecule has 0 aliphatic heterocycles. The van der Waals surface area contributed by atoms with Crippen molar-refractivity contribution in [2.75, 3.05) is 6.26 Å². The van der Waals surface area contributed by atoms with E-state index >= 15 is 0 Å². The van der Waals surface area contributed by atoms with Gasteiger partial charge >= 0.3 is 6.18 Å². The minimum Gasteiger partial charge on any atom is -0.264 e. The molecule has 21 heavy (non-hydrogen) atoms. The van der Waals surface area contributed by atoms with Crippen molar-refractivity contribution in [2.45, 2.75) is 17.5 Å². The Morgan fingerprint density at radius 3 is 2.43 bits per heavy atom. The molecule has 0 amide bonds. The maximum absolute atomic E-state index is 12.7. The van der Waals surface area contributed by atoms with Crippen LogP contribution in [0.25, 0.3) is 0 Å². The van der Waals surface area contributed by atoms with Crippen molar-refractivity contribution in [1.82, 2.24) is 4.98 Å². The van der Waals surface area contributed by atoms with E-state index in [4.69, 9.17) is 0 Å². The molecule has 0 N–H and O–H groups in total. The van der Waals surface area contributed by atoms with E-state index < -0.39 is 21.6 Å². The van der Waals surface area contributed by atoms with Crippen LogP contribution in [0.15, 0.2) is 47.6 Å². The Morgan fingerprint density at radius 2 is 1.90 bits per heavy atom. The number of hydrogen-bond acceptors (Lipinski definition) is 3. The van der Waals surface area contributed by atoms with Crippen molar-refractivity contribution in [3.63, 3.8) is 0 Å². The molecule has 0 fully saturated rings. The first-order valence-electron chi connectivity index (χ1n) is 5.97. The summed E-state index contributed by atoms with van der Waals surface area (Å²) in [7, 11) is -3.76. The van der Waals surface area contributed by atoms with E-state index in [1.54, 1.807) is 24.5 Å². The highest BCUT2D eigenvalue weighted by Crippen LogP contribution is 2.32. The number of rotatable bonds is 3. The van der Waals surface area contributed by atoms with Gasteiger partial charge in [-0.1, -0.05) is 12.1 Å². The highest BCUT2D eigenvalue weighted by atomic mass is 32.2. The van der Waals surface area contributed by atoms with Gasteiger partial charge < -0.3 is 0 Å². The molecule has 0 atom stereocenters. The molecular weight excluding hydrogens is 303 g/mol. The first kappa shape index (κ1) is 15.5. The first-order chi connectivity index (χ1) is 9.68. The lowest BCUT2D eigenvalue weighted by molar-refractivity contribution is -0.137. The van der Waals surface area contributed by atoms with Crippen LogP contribution in [0.3, 0.4) is 0 Å². The molecule has 2 aromatic rings. The van der Waals surface area contributed by atoms with Gasteiger partial charge in [-0.05, 0) is 29.3 Å². The maximum atomic E-state index is 12.7. The SMILES string of the molecule is CS(=O)(=O)c1cc(C(F)(F)F)ccc1Cc1cccnc1. The van der Waals surface area contributed by atoms with Crippen molar-refractivity contribution in [1.29, 1.82) is 0 Å². The molecule has 0 radical (unpaired) electrons. The molecule has 0 saturated carbocycles. The fraction of sp³-hybridized carbons (Fsp3) is 0.214. The van der Waals surface area contributed by atoms with Gasteiger partial charge in [0, 0.05) is 25.1 Å². The smallest absolute Gasteiger partial charge is 0.264 e. The van der Waals surface area contributed by atoms with Crippen molar-refractivity contribution in [3.8, 4) is 0 Å². The van der Waals surface area contributed by atoms with Gasteiger partial charge in [0.1, 0.15) is 0 Å². The zero-order chi connectivity index (χ0) is 15.7. The second-order valence-electron chi connectivity index (χ2n) is 4.63. The second-order valence-corrected chi connectivity index (χ2v) is 6.61. The van der Waals surface area contributed by atoms with Crippen LogP contribution in [0, 0.1) is 0 Å². The molecule has 0 bridgehead atoms. The highest BCUT2D eigenvalue weighted by molar-refractivity contribution is 7.90. The van der Waals surface area contributed by atoms with Crippen LogP contribution >= 0.6 is 0 Å². The largest absolute Gasteiger partial charge is 0.416 e. The fourth-order valence-corrected chi connectivity index (χ4v) is 2.90. The molecule has 1 heterocycles. The van der Waals surface area contributed by atoms with Gasteiger partial charge in [-0.3, -0.25) is 4.98 Å². The van der Waals surface area contributed by atoms with Gasteiger partial charge in [0.25, 0.3) is 0 Å². The quantitative estimate of drug-likeness (QED) is 0.874. The van der Waals surface area contributed by atoms with E-state index in [1.165, 1.54) is 6.07 Å². The van der Waals surface area contributed by atoms with E-state index in [0.717, 1.165) is 17.9 Å². The van der Waals surface area contributed by atoms with E-state index in [1.807, 2.05) is 0 Å². The molecule has 2 rings (SSSR count). The molecule has 0 aliphatic carbocycles. The number of benzene rings is 1. The van der Waals surface area contributed by atoms with Crippen molar-refractivity contribution in [2.24, 2.45) is 0 Å². The predicted octanol–water partition coefficient (Wildman–Crippen LogP) is 3.09. The third-order valence-corrected chi connectivity index (χ3v) is 4.09. The number of nitrogens with zero attached hydrogens (tertiary/aromatic N) is 1. The minimum absolute atomic E-state index is 0.203. The summed E-state index contributed by atoms with van der Waals surface area (Å²) in [6, 6.07) is 6.18. The monoisotopic (exact) mass is 315 g/mol. The summed E-state index contributed by atoms with van der Waals surface area (Å²) in [5, 5.41) is 0. The number of halogens is 3. The molecule has 0 aliphatic rings. The van der Waals surface area contributed by atoms with Gasteiger partial charge in [0.15, 0.2) is 9.84 Å². The van der Waals surface area contributed by atoms with Gasteiger partial charge in [0.2, 0.25) is 0 Å². The molecule has 0 unspecified atom stereocenters. The van der Waals surface area contributed by atoms with Crippen LogP contribution in [-0.4, -0.2) is 19.7 Å². The first-order valence-corrected chi connectivity index (χ1v) is 7.86. The van der Waals surface area contributed by atoms with Crippen LogP contribution < -0.4 is 0 Å². The molecule has 7 heteroatoms. The van der Waals surface area contributed by atoms with Crippen molar-refractivity contribution < 1.29 is 21.6 Å². The number of pyridine rings is 1. The van der Waals surface area contributed by atoms with Crippen LogP contribution in [0.4, 0.5) is 13.2 Å². The van der Waals surface area contributed by atoms with Crippen LogP contribution in [0.2, 0.25) is 0 Å². The summed E-state index contributed by atoms with van der Waals surface area (Å²) in [4.78, 5) is 3.60. The Labute approximate surface area is 120 Å². The maximum Gasteiger partial charge on any atom is 0.416 e. The molecule has 1 aromatic carbocycles. The molecule has 0 saturated heterocycles. The van der Waals surface area contributed by atoms with E-state index in [2.05, 4.69) is 4.98 Å². The van der Waals surface area contributed by atoms with E-state index in [0.29, 0.717) is 11.6 Å². The zero-order valence-corrected chi connectivity index (χ0v) is 11.9. The van der Waals surface area contributed by atoms with E-state index in [-0.39, 0.29) is 11.3 Å². The Morgan fingerprint density at radius 1 is 1.19 bits per heavy atom. The lowest BCUT2D eigenvalue weighted by atomic mass is 10.0. The lowest BCUT2D eigenvalue weighted by Crippen LogP contribution is -2.10. The number of alkyl halides is 3.